The van der Waals surface area contributed by atoms with Gasteiger partial charge in [-0.25, -0.2) is 0 Å². The van der Waals surface area contributed by atoms with Gasteiger partial charge in [-0.2, -0.15) is 0 Å². The first-order valence-electron chi connectivity index (χ1n) is 9.68. The summed E-state index contributed by atoms with van der Waals surface area (Å²) in [7, 11) is 1.63. The van der Waals surface area contributed by atoms with Crippen LogP contribution in [0.2, 0.25) is 0 Å². The predicted octanol–water partition coefficient (Wildman–Crippen LogP) is 2.13. The molecule has 0 unspecified atom stereocenters. The largest absolute Gasteiger partial charge is 0.497 e. The summed E-state index contributed by atoms with van der Waals surface area (Å²) < 4.78 is 10.8. The van der Waals surface area contributed by atoms with Crippen molar-refractivity contribution in [1.29, 1.82) is 0 Å². The van der Waals surface area contributed by atoms with Crippen LogP contribution in [0.5, 0.6) is 5.75 Å². The first-order chi connectivity index (χ1) is 14.1. The summed E-state index contributed by atoms with van der Waals surface area (Å²) in [5, 5.41) is 5.42. The lowest BCUT2D eigenvalue weighted by Crippen LogP contribution is -2.45. The van der Waals surface area contributed by atoms with Gasteiger partial charge in [0.05, 0.1) is 26.4 Å². The molecule has 1 saturated heterocycles. The standard InChI is InChI=1S/C22H27N3O4/c1-16-5-3-7-18(13-16)24-22(27)21(26)23-15-20(25-9-11-29-12-10-25)17-6-4-8-19(14-17)28-2/h3-8,13-14,20H,9-12,15H2,1-2H3,(H,23,26)(H,24,27)/t20-/m0/s1. The lowest BCUT2D eigenvalue weighted by atomic mass is 10.0. The number of benzene rings is 2. The third-order valence-corrected chi connectivity index (χ3v) is 4.90. The van der Waals surface area contributed by atoms with Crippen molar-refractivity contribution in [1.82, 2.24) is 10.2 Å². The smallest absolute Gasteiger partial charge is 0.313 e. The zero-order chi connectivity index (χ0) is 20.6. The number of methoxy groups -OCH3 is 1. The predicted molar refractivity (Wildman–Crippen MR) is 111 cm³/mol. The molecule has 2 aromatic rings. The summed E-state index contributed by atoms with van der Waals surface area (Å²) in [6.45, 7) is 5.04. The third-order valence-electron chi connectivity index (χ3n) is 4.90. The maximum Gasteiger partial charge on any atom is 0.313 e. The van der Waals surface area contributed by atoms with Gasteiger partial charge in [0, 0.05) is 25.3 Å². The van der Waals surface area contributed by atoms with Gasteiger partial charge >= 0.3 is 11.8 Å². The van der Waals surface area contributed by atoms with Gasteiger partial charge in [0.1, 0.15) is 5.75 Å². The second kappa shape index (κ2) is 10.0. The number of amides is 2. The maximum atomic E-state index is 12.4. The normalized spacial score (nSPS) is 15.4. The van der Waals surface area contributed by atoms with Crippen molar-refractivity contribution >= 4 is 17.5 Å². The van der Waals surface area contributed by atoms with Gasteiger partial charge in [-0.05, 0) is 42.3 Å². The Morgan fingerprint density at radius 1 is 1.10 bits per heavy atom. The van der Waals surface area contributed by atoms with E-state index in [4.69, 9.17) is 9.47 Å². The Morgan fingerprint density at radius 2 is 1.86 bits per heavy atom. The van der Waals surface area contributed by atoms with E-state index in [1.807, 2.05) is 49.4 Å². The number of nitrogens with one attached hydrogen (secondary N) is 2. The van der Waals surface area contributed by atoms with Crippen molar-refractivity contribution in [2.45, 2.75) is 13.0 Å². The summed E-state index contributed by atoms with van der Waals surface area (Å²) >= 11 is 0. The van der Waals surface area contributed by atoms with Crippen LogP contribution >= 0.6 is 0 Å². The van der Waals surface area contributed by atoms with Crippen LogP contribution in [0.4, 0.5) is 5.69 Å². The van der Waals surface area contributed by atoms with E-state index < -0.39 is 11.8 Å². The molecule has 29 heavy (non-hydrogen) atoms. The van der Waals surface area contributed by atoms with Crippen molar-refractivity contribution in [3.63, 3.8) is 0 Å². The minimum Gasteiger partial charge on any atom is -0.497 e. The Kier molecular flexibility index (Phi) is 7.21. The van der Waals surface area contributed by atoms with Crippen LogP contribution in [0.3, 0.4) is 0 Å². The molecule has 1 atom stereocenters. The molecule has 1 aliphatic rings. The van der Waals surface area contributed by atoms with E-state index >= 15 is 0 Å². The summed E-state index contributed by atoms with van der Waals surface area (Å²) in [5.74, 6) is -0.584. The van der Waals surface area contributed by atoms with E-state index in [1.165, 1.54) is 0 Å². The number of anilines is 1. The van der Waals surface area contributed by atoms with Crippen LogP contribution in [0.15, 0.2) is 48.5 Å². The summed E-state index contributed by atoms with van der Waals surface area (Å²) in [6, 6.07) is 15.0. The molecular weight excluding hydrogens is 370 g/mol. The van der Waals surface area contributed by atoms with Gasteiger partial charge in [0.15, 0.2) is 0 Å². The highest BCUT2D eigenvalue weighted by molar-refractivity contribution is 6.39. The fourth-order valence-corrected chi connectivity index (χ4v) is 3.38. The zero-order valence-electron chi connectivity index (χ0n) is 16.8. The van der Waals surface area contributed by atoms with Gasteiger partial charge < -0.3 is 20.1 Å². The number of hydrogen-bond acceptors (Lipinski definition) is 5. The van der Waals surface area contributed by atoms with E-state index in [2.05, 4.69) is 15.5 Å². The molecule has 2 aromatic carbocycles. The zero-order valence-corrected chi connectivity index (χ0v) is 16.8. The summed E-state index contributed by atoms with van der Waals surface area (Å²) in [5.41, 5.74) is 2.63. The molecule has 0 spiro atoms. The molecule has 2 N–H and O–H groups in total. The molecule has 154 valence electrons. The monoisotopic (exact) mass is 397 g/mol. The molecule has 1 heterocycles. The number of carbonyl (C=O) groups excluding carboxylic acids is 2. The molecule has 0 aliphatic carbocycles. The molecule has 3 rings (SSSR count). The van der Waals surface area contributed by atoms with E-state index in [1.54, 1.807) is 13.2 Å². The number of nitrogens with zero attached hydrogens (tertiary/aromatic N) is 1. The number of hydrogen-bond donors (Lipinski definition) is 2. The first kappa shape index (κ1) is 20.8. The maximum absolute atomic E-state index is 12.4. The average molecular weight is 397 g/mol. The SMILES string of the molecule is COc1cccc([C@H](CNC(=O)C(=O)Nc2cccc(C)c2)N2CCOCC2)c1. The minimum absolute atomic E-state index is 0.0790. The Labute approximate surface area is 171 Å². The van der Waals surface area contributed by atoms with E-state index in [0.29, 0.717) is 25.4 Å². The van der Waals surface area contributed by atoms with Gasteiger partial charge in [-0.15, -0.1) is 0 Å². The average Bonchev–Trinajstić information content (AvgIpc) is 2.74. The molecule has 0 radical (unpaired) electrons. The second-order valence-corrected chi connectivity index (χ2v) is 6.97. The molecule has 0 bridgehead atoms. The van der Waals surface area contributed by atoms with Crippen LogP contribution in [-0.4, -0.2) is 56.7 Å². The van der Waals surface area contributed by atoms with Crippen LogP contribution in [0.25, 0.3) is 0 Å². The van der Waals surface area contributed by atoms with Gasteiger partial charge in [0.2, 0.25) is 0 Å². The number of aryl methyl sites for hydroxylation is 1. The van der Waals surface area contributed by atoms with E-state index in [-0.39, 0.29) is 6.04 Å². The van der Waals surface area contributed by atoms with E-state index in [0.717, 1.165) is 30.0 Å². The van der Waals surface area contributed by atoms with Crippen LogP contribution in [0, 0.1) is 6.92 Å². The molecule has 1 aliphatic heterocycles. The van der Waals surface area contributed by atoms with Crippen LogP contribution in [0.1, 0.15) is 17.2 Å². The van der Waals surface area contributed by atoms with Crippen LogP contribution < -0.4 is 15.4 Å². The van der Waals surface area contributed by atoms with Crippen molar-refractivity contribution in [3.8, 4) is 5.75 Å². The number of morpholine rings is 1. The molecule has 1 fully saturated rings. The van der Waals surface area contributed by atoms with E-state index in [9.17, 15) is 9.59 Å². The highest BCUT2D eigenvalue weighted by Crippen LogP contribution is 2.24. The molecule has 0 aromatic heterocycles. The minimum atomic E-state index is -0.679. The fourth-order valence-electron chi connectivity index (χ4n) is 3.38. The lowest BCUT2D eigenvalue weighted by Gasteiger charge is -2.35. The summed E-state index contributed by atoms with van der Waals surface area (Å²) in [4.78, 5) is 26.9. The molecule has 7 nitrogen and oxygen atoms in total. The molecule has 7 heteroatoms. The third kappa shape index (κ3) is 5.79. The molecule has 2 amide bonds. The second-order valence-electron chi connectivity index (χ2n) is 6.97. The highest BCUT2D eigenvalue weighted by Gasteiger charge is 2.25. The summed E-state index contributed by atoms with van der Waals surface area (Å²) in [6.07, 6.45) is 0. The topological polar surface area (TPSA) is 79.9 Å². The highest BCUT2D eigenvalue weighted by atomic mass is 16.5. The fraction of sp³-hybridized carbons (Fsp3) is 0.364. The van der Waals surface area contributed by atoms with Gasteiger partial charge in [-0.1, -0.05) is 24.3 Å². The van der Waals surface area contributed by atoms with Crippen molar-refractivity contribution in [2.75, 3.05) is 45.3 Å². The van der Waals surface area contributed by atoms with Crippen molar-refractivity contribution in [3.05, 3.63) is 59.7 Å². The number of ether oxygens (including phenoxy) is 2. The Hall–Kier alpha value is -2.90. The van der Waals surface area contributed by atoms with Gasteiger partial charge in [-0.3, -0.25) is 14.5 Å². The van der Waals surface area contributed by atoms with Crippen molar-refractivity contribution in [2.24, 2.45) is 0 Å². The lowest BCUT2D eigenvalue weighted by molar-refractivity contribution is -0.136. The van der Waals surface area contributed by atoms with Gasteiger partial charge in [0.25, 0.3) is 0 Å². The Balaban J connectivity index is 1.67. The van der Waals surface area contributed by atoms with Crippen molar-refractivity contribution < 1.29 is 19.1 Å². The Morgan fingerprint density at radius 3 is 2.59 bits per heavy atom. The quantitative estimate of drug-likeness (QED) is 0.730. The Bertz CT molecular complexity index is 849. The molecule has 0 saturated carbocycles. The number of rotatable bonds is 6. The van der Waals surface area contributed by atoms with Crippen LogP contribution in [-0.2, 0) is 14.3 Å². The number of carbonyl (C=O) groups is 2. The molecular formula is C22H27N3O4. The first-order valence-corrected chi connectivity index (χ1v) is 9.68.